The molecule has 1 saturated heterocycles. The van der Waals surface area contributed by atoms with Gasteiger partial charge in [-0.15, -0.1) is 11.8 Å². The fourth-order valence-corrected chi connectivity index (χ4v) is 6.26. The Morgan fingerprint density at radius 2 is 1.52 bits per heavy atom. The number of likely N-dealkylation sites (tertiary alicyclic amines) is 1. The maximum Gasteiger partial charge on any atom is 0.413 e. The van der Waals surface area contributed by atoms with Crippen LogP contribution in [0.25, 0.3) is 0 Å². The van der Waals surface area contributed by atoms with E-state index in [4.69, 9.17) is 21.9 Å². The summed E-state index contributed by atoms with van der Waals surface area (Å²) in [4.78, 5) is 77.4. The number of ether oxygens (including phenoxy) is 1. The summed E-state index contributed by atoms with van der Waals surface area (Å²) in [5, 5.41) is 7.07. The monoisotopic (exact) mass is 703 g/mol. The Balaban J connectivity index is 1.28. The lowest BCUT2D eigenvalue weighted by atomic mass is 10.1. The zero-order valence-electron chi connectivity index (χ0n) is 27.3. The molecule has 0 spiro atoms. The third-order valence-corrected chi connectivity index (χ3v) is 9.08. The average molecular weight is 704 g/mol. The SMILES string of the molecule is NCCC[C@H](NC(=O)Oc1ccc(C[C@H](N)C(=O)Nc2ccccc2)cc1)C(=O)N[C@@H](CSC1CC(=O)N(Cc2ccccc2)C1=O)C(N)=O. The molecule has 1 heterocycles. The van der Waals surface area contributed by atoms with Crippen LogP contribution in [0, 0.1) is 0 Å². The first-order chi connectivity index (χ1) is 24.0. The van der Waals surface area contributed by atoms with Crippen LogP contribution >= 0.6 is 11.8 Å². The van der Waals surface area contributed by atoms with Crippen LogP contribution in [-0.2, 0) is 36.9 Å². The second-order valence-electron chi connectivity index (χ2n) is 11.6. The minimum Gasteiger partial charge on any atom is -0.410 e. The lowest BCUT2D eigenvalue weighted by Gasteiger charge is -2.22. The zero-order chi connectivity index (χ0) is 36.0. The number of nitrogens with zero attached hydrogens (tertiary/aromatic N) is 1. The summed E-state index contributed by atoms with van der Waals surface area (Å²) in [5.41, 5.74) is 19.4. The number of hydrogen-bond acceptors (Lipinski definition) is 10. The number of primary amides is 1. The number of amides is 6. The highest BCUT2D eigenvalue weighted by atomic mass is 32.2. The molecule has 1 aliphatic rings. The van der Waals surface area contributed by atoms with Gasteiger partial charge in [-0.2, -0.15) is 0 Å². The number of carbonyl (C=O) groups excluding carboxylic acids is 6. The van der Waals surface area contributed by atoms with E-state index in [0.29, 0.717) is 12.1 Å². The zero-order valence-corrected chi connectivity index (χ0v) is 28.1. The van der Waals surface area contributed by atoms with Gasteiger partial charge in [0, 0.05) is 17.9 Å². The molecule has 0 bridgehead atoms. The van der Waals surface area contributed by atoms with Crippen molar-refractivity contribution in [1.82, 2.24) is 15.5 Å². The number of carbonyl (C=O) groups is 6. The molecule has 1 unspecified atom stereocenters. The highest BCUT2D eigenvalue weighted by Crippen LogP contribution is 2.27. The van der Waals surface area contributed by atoms with E-state index < -0.39 is 41.3 Å². The van der Waals surface area contributed by atoms with Crippen LogP contribution in [0.4, 0.5) is 10.5 Å². The number of hydrogen-bond donors (Lipinski definition) is 6. The molecular formula is C35H41N7O7S. The second-order valence-corrected chi connectivity index (χ2v) is 12.9. The maximum absolute atomic E-state index is 13.2. The molecule has 9 N–H and O–H groups in total. The van der Waals surface area contributed by atoms with E-state index in [1.54, 1.807) is 36.4 Å². The van der Waals surface area contributed by atoms with Gasteiger partial charge in [-0.05, 0) is 61.2 Å². The lowest BCUT2D eigenvalue weighted by Crippen LogP contribution is -2.54. The van der Waals surface area contributed by atoms with Crippen molar-refractivity contribution >= 4 is 53.1 Å². The van der Waals surface area contributed by atoms with Gasteiger partial charge >= 0.3 is 6.09 Å². The fraction of sp³-hybridized carbons (Fsp3) is 0.314. The van der Waals surface area contributed by atoms with E-state index in [-0.39, 0.29) is 61.6 Å². The number of para-hydroxylation sites is 1. The van der Waals surface area contributed by atoms with E-state index in [1.165, 1.54) is 17.0 Å². The number of anilines is 1. The lowest BCUT2D eigenvalue weighted by molar-refractivity contribution is -0.139. The van der Waals surface area contributed by atoms with E-state index >= 15 is 0 Å². The first-order valence-corrected chi connectivity index (χ1v) is 17.1. The van der Waals surface area contributed by atoms with Crippen molar-refractivity contribution in [3.05, 3.63) is 96.1 Å². The van der Waals surface area contributed by atoms with Gasteiger partial charge in [0.15, 0.2) is 0 Å². The molecule has 0 aromatic heterocycles. The summed E-state index contributed by atoms with van der Waals surface area (Å²) in [7, 11) is 0. The van der Waals surface area contributed by atoms with E-state index in [9.17, 15) is 28.8 Å². The minimum absolute atomic E-state index is 0.0420. The molecule has 0 saturated carbocycles. The van der Waals surface area contributed by atoms with Gasteiger partial charge in [-0.25, -0.2) is 4.79 Å². The minimum atomic E-state index is -1.19. The first-order valence-electron chi connectivity index (χ1n) is 16.0. The van der Waals surface area contributed by atoms with Crippen LogP contribution in [0.2, 0.25) is 0 Å². The van der Waals surface area contributed by atoms with Crippen LogP contribution in [-0.4, -0.2) is 76.2 Å². The number of thioether (sulfide) groups is 1. The number of nitrogens with two attached hydrogens (primary N) is 3. The van der Waals surface area contributed by atoms with Gasteiger partial charge in [0.25, 0.3) is 0 Å². The summed E-state index contributed by atoms with van der Waals surface area (Å²) in [5.74, 6) is -2.49. The Hall–Kier alpha value is -5.25. The maximum atomic E-state index is 13.2. The standard InChI is InChI=1S/C35H41N7O7S/c36-17-7-12-27(41-35(48)49-25-15-13-22(14-16-25)18-26(37)32(45)39-24-10-5-2-6-11-24)33(46)40-28(31(38)44)21-50-29-19-30(43)42(34(29)47)20-23-8-3-1-4-9-23/h1-6,8-11,13-16,26-29H,7,12,17-21,36-37H2,(H2,38,44)(H,39,45)(H,40,46)(H,41,48)/t26-,27-,28-,29?/m0/s1. The Morgan fingerprint density at radius 1 is 0.860 bits per heavy atom. The largest absolute Gasteiger partial charge is 0.413 e. The molecule has 15 heteroatoms. The van der Waals surface area contributed by atoms with Gasteiger partial charge in [-0.3, -0.25) is 28.9 Å². The summed E-state index contributed by atoms with van der Waals surface area (Å²) in [6.45, 7) is 0.377. The van der Waals surface area contributed by atoms with Crippen molar-refractivity contribution in [3.8, 4) is 5.75 Å². The van der Waals surface area contributed by atoms with E-state index in [0.717, 1.165) is 22.9 Å². The Kier molecular flexibility index (Phi) is 13.9. The molecule has 264 valence electrons. The molecule has 0 aliphatic carbocycles. The molecule has 3 aromatic carbocycles. The van der Waals surface area contributed by atoms with Crippen LogP contribution in [0.15, 0.2) is 84.9 Å². The molecular weight excluding hydrogens is 662 g/mol. The summed E-state index contributed by atoms with van der Waals surface area (Å²) in [6, 6.07) is 21.3. The summed E-state index contributed by atoms with van der Waals surface area (Å²) in [6.07, 6.45) is -0.214. The van der Waals surface area contributed by atoms with Gasteiger partial charge in [-0.1, -0.05) is 60.7 Å². The third-order valence-electron chi connectivity index (χ3n) is 7.78. The van der Waals surface area contributed by atoms with Crippen molar-refractivity contribution in [1.29, 1.82) is 0 Å². The predicted molar refractivity (Wildman–Crippen MR) is 188 cm³/mol. The van der Waals surface area contributed by atoms with Gasteiger partial charge in [0.2, 0.25) is 29.5 Å². The van der Waals surface area contributed by atoms with Crippen molar-refractivity contribution in [2.45, 2.75) is 55.6 Å². The number of nitrogens with one attached hydrogen (secondary N) is 3. The molecule has 1 fully saturated rings. The molecule has 50 heavy (non-hydrogen) atoms. The van der Waals surface area contributed by atoms with Crippen molar-refractivity contribution in [2.75, 3.05) is 17.6 Å². The van der Waals surface area contributed by atoms with Crippen LogP contribution in [0.1, 0.15) is 30.4 Å². The highest BCUT2D eigenvalue weighted by Gasteiger charge is 2.39. The molecule has 0 radical (unpaired) electrons. The fourth-order valence-electron chi connectivity index (χ4n) is 5.06. The summed E-state index contributed by atoms with van der Waals surface area (Å²) < 4.78 is 5.36. The number of imide groups is 1. The Morgan fingerprint density at radius 3 is 2.16 bits per heavy atom. The third kappa shape index (κ3) is 11.1. The van der Waals surface area contributed by atoms with E-state index in [2.05, 4.69) is 16.0 Å². The van der Waals surface area contributed by atoms with Crippen LogP contribution in [0.3, 0.4) is 0 Å². The molecule has 6 amide bonds. The molecule has 4 atom stereocenters. The topological polar surface area (TPSA) is 229 Å². The quantitative estimate of drug-likeness (QED) is 0.111. The molecule has 14 nitrogen and oxygen atoms in total. The van der Waals surface area contributed by atoms with Gasteiger partial charge in [0.1, 0.15) is 17.8 Å². The van der Waals surface area contributed by atoms with Gasteiger partial charge in [0.05, 0.1) is 17.8 Å². The average Bonchev–Trinajstić information content (AvgIpc) is 3.37. The molecule has 4 rings (SSSR count). The van der Waals surface area contributed by atoms with Gasteiger partial charge < -0.3 is 37.9 Å². The summed E-state index contributed by atoms with van der Waals surface area (Å²) >= 11 is 1.05. The Labute approximate surface area is 293 Å². The number of rotatable bonds is 17. The van der Waals surface area contributed by atoms with Crippen molar-refractivity contribution in [2.24, 2.45) is 17.2 Å². The Bertz CT molecular complexity index is 1640. The number of benzene rings is 3. The van der Waals surface area contributed by atoms with Crippen LogP contribution in [0.5, 0.6) is 5.75 Å². The van der Waals surface area contributed by atoms with Crippen molar-refractivity contribution in [3.63, 3.8) is 0 Å². The molecule has 1 aliphatic heterocycles. The molecule has 3 aromatic rings. The predicted octanol–water partition coefficient (Wildman–Crippen LogP) is 1.42. The second kappa shape index (κ2) is 18.5. The normalized spacial score (nSPS) is 15.9. The van der Waals surface area contributed by atoms with Crippen LogP contribution < -0.4 is 37.9 Å². The first kappa shape index (κ1) is 37.6. The highest BCUT2D eigenvalue weighted by molar-refractivity contribution is 8.00. The van der Waals surface area contributed by atoms with Crippen molar-refractivity contribution < 1.29 is 33.5 Å². The van der Waals surface area contributed by atoms with E-state index in [1.807, 2.05) is 36.4 Å². The smallest absolute Gasteiger partial charge is 0.410 e.